The molecule has 3 unspecified atom stereocenters. The van der Waals surface area contributed by atoms with Crippen LogP contribution in [0.2, 0.25) is 0 Å². The Morgan fingerprint density at radius 1 is 1.29 bits per heavy atom. The highest BCUT2D eigenvalue weighted by atomic mass is 15.2. The molecule has 0 bridgehead atoms. The van der Waals surface area contributed by atoms with Gasteiger partial charge in [-0.3, -0.25) is 11.3 Å². The normalized spacial score (nSPS) is 26.0. The van der Waals surface area contributed by atoms with Gasteiger partial charge in [-0.05, 0) is 36.7 Å². The van der Waals surface area contributed by atoms with E-state index in [4.69, 9.17) is 5.84 Å². The van der Waals surface area contributed by atoms with Gasteiger partial charge in [-0.25, -0.2) is 0 Å². The lowest BCUT2D eigenvalue weighted by atomic mass is 9.87. The standard InChI is InChI=1S/C15H24N2/c1-12-6-5-9-14(12)15(17-16)11-10-13-7-3-2-4-8-13/h2-4,7-8,12,14-15,17H,5-6,9-11,16H2,1H3. The molecule has 1 saturated carbocycles. The largest absolute Gasteiger partial charge is 0.271 e. The maximum absolute atomic E-state index is 5.73. The van der Waals surface area contributed by atoms with Crippen LogP contribution in [-0.4, -0.2) is 6.04 Å². The van der Waals surface area contributed by atoms with Crippen LogP contribution in [0.1, 0.15) is 38.2 Å². The molecular formula is C15H24N2. The second-order valence-electron chi connectivity index (χ2n) is 5.37. The molecule has 2 heteroatoms. The molecule has 3 N–H and O–H groups in total. The van der Waals surface area contributed by atoms with Gasteiger partial charge in [0, 0.05) is 6.04 Å². The molecule has 0 heterocycles. The molecule has 0 aromatic heterocycles. The molecule has 1 aliphatic carbocycles. The Morgan fingerprint density at radius 3 is 2.65 bits per heavy atom. The molecule has 1 aliphatic rings. The summed E-state index contributed by atoms with van der Waals surface area (Å²) < 4.78 is 0. The minimum absolute atomic E-state index is 0.479. The number of nitrogens with one attached hydrogen (secondary N) is 1. The van der Waals surface area contributed by atoms with Gasteiger partial charge >= 0.3 is 0 Å². The van der Waals surface area contributed by atoms with Crippen molar-refractivity contribution in [2.75, 3.05) is 0 Å². The summed E-state index contributed by atoms with van der Waals surface area (Å²) in [5.74, 6) is 7.32. The number of nitrogens with two attached hydrogens (primary N) is 1. The van der Waals surface area contributed by atoms with Gasteiger partial charge in [-0.15, -0.1) is 0 Å². The van der Waals surface area contributed by atoms with Crippen molar-refractivity contribution in [1.82, 2.24) is 5.43 Å². The highest BCUT2D eigenvalue weighted by Crippen LogP contribution is 2.34. The predicted octanol–water partition coefficient (Wildman–Crippen LogP) is 2.89. The molecule has 1 aromatic carbocycles. The van der Waals surface area contributed by atoms with Gasteiger partial charge in [0.1, 0.15) is 0 Å². The van der Waals surface area contributed by atoms with E-state index in [0.717, 1.165) is 24.7 Å². The predicted molar refractivity (Wildman–Crippen MR) is 72.4 cm³/mol. The van der Waals surface area contributed by atoms with Crippen LogP contribution in [0.3, 0.4) is 0 Å². The zero-order valence-electron chi connectivity index (χ0n) is 10.7. The van der Waals surface area contributed by atoms with E-state index in [1.807, 2.05) is 0 Å². The lowest BCUT2D eigenvalue weighted by Gasteiger charge is -2.26. The molecule has 17 heavy (non-hydrogen) atoms. The third kappa shape index (κ3) is 3.30. The van der Waals surface area contributed by atoms with E-state index >= 15 is 0 Å². The van der Waals surface area contributed by atoms with Crippen LogP contribution in [0.4, 0.5) is 0 Å². The van der Waals surface area contributed by atoms with E-state index in [1.165, 1.54) is 24.8 Å². The number of aryl methyl sites for hydroxylation is 1. The summed E-state index contributed by atoms with van der Waals surface area (Å²) in [7, 11) is 0. The molecule has 1 fully saturated rings. The summed E-state index contributed by atoms with van der Waals surface area (Å²) in [5.41, 5.74) is 4.46. The van der Waals surface area contributed by atoms with Crippen molar-refractivity contribution in [2.24, 2.45) is 17.7 Å². The van der Waals surface area contributed by atoms with Gasteiger partial charge in [0.2, 0.25) is 0 Å². The van der Waals surface area contributed by atoms with Crippen molar-refractivity contribution in [3.05, 3.63) is 35.9 Å². The zero-order valence-corrected chi connectivity index (χ0v) is 10.7. The summed E-state index contributed by atoms with van der Waals surface area (Å²) in [4.78, 5) is 0. The third-order valence-electron chi connectivity index (χ3n) is 4.25. The average Bonchev–Trinajstić information content (AvgIpc) is 2.78. The summed E-state index contributed by atoms with van der Waals surface area (Å²) >= 11 is 0. The van der Waals surface area contributed by atoms with Crippen molar-refractivity contribution in [1.29, 1.82) is 0 Å². The summed E-state index contributed by atoms with van der Waals surface area (Å²) in [5, 5.41) is 0. The van der Waals surface area contributed by atoms with Crippen LogP contribution in [0.25, 0.3) is 0 Å². The highest BCUT2D eigenvalue weighted by Gasteiger charge is 2.29. The maximum atomic E-state index is 5.73. The van der Waals surface area contributed by atoms with Crippen LogP contribution in [0.5, 0.6) is 0 Å². The van der Waals surface area contributed by atoms with Crippen LogP contribution < -0.4 is 11.3 Å². The smallest absolute Gasteiger partial charge is 0.0244 e. The Labute approximate surface area is 105 Å². The lowest BCUT2D eigenvalue weighted by Crippen LogP contribution is -2.42. The molecule has 0 amide bonds. The summed E-state index contributed by atoms with van der Waals surface area (Å²) in [6.07, 6.45) is 6.35. The van der Waals surface area contributed by atoms with Crippen molar-refractivity contribution < 1.29 is 0 Å². The fourth-order valence-corrected chi connectivity index (χ4v) is 3.16. The van der Waals surface area contributed by atoms with Crippen LogP contribution >= 0.6 is 0 Å². The van der Waals surface area contributed by atoms with Crippen LogP contribution in [0, 0.1) is 11.8 Å². The molecule has 2 nitrogen and oxygen atoms in total. The van der Waals surface area contributed by atoms with Crippen molar-refractivity contribution in [3.8, 4) is 0 Å². The molecule has 0 spiro atoms. The van der Waals surface area contributed by atoms with E-state index in [0.29, 0.717) is 6.04 Å². The molecule has 1 aromatic rings. The molecule has 3 atom stereocenters. The number of hydrogen-bond acceptors (Lipinski definition) is 2. The number of rotatable bonds is 5. The maximum Gasteiger partial charge on any atom is 0.0244 e. The monoisotopic (exact) mass is 232 g/mol. The SMILES string of the molecule is CC1CCCC1C(CCc1ccccc1)NN. The van der Waals surface area contributed by atoms with E-state index in [2.05, 4.69) is 42.7 Å². The number of benzene rings is 1. The highest BCUT2D eigenvalue weighted by molar-refractivity contribution is 5.14. The van der Waals surface area contributed by atoms with E-state index < -0.39 is 0 Å². The van der Waals surface area contributed by atoms with Crippen molar-refractivity contribution in [3.63, 3.8) is 0 Å². The number of hydrazine groups is 1. The quantitative estimate of drug-likeness (QED) is 0.605. The Balaban J connectivity index is 1.87. The molecule has 0 saturated heterocycles. The first-order valence-electron chi connectivity index (χ1n) is 6.81. The molecule has 0 radical (unpaired) electrons. The second kappa shape index (κ2) is 6.18. The molecule has 0 aliphatic heterocycles. The van der Waals surface area contributed by atoms with Crippen molar-refractivity contribution >= 4 is 0 Å². The first-order valence-corrected chi connectivity index (χ1v) is 6.81. The van der Waals surface area contributed by atoms with E-state index in [9.17, 15) is 0 Å². The lowest BCUT2D eigenvalue weighted by molar-refractivity contribution is 0.286. The minimum Gasteiger partial charge on any atom is -0.271 e. The molecule has 2 rings (SSSR count). The summed E-state index contributed by atoms with van der Waals surface area (Å²) in [6.45, 7) is 2.37. The van der Waals surface area contributed by atoms with E-state index in [-0.39, 0.29) is 0 Å². The van der Waals surface area contributed by atoms with Gasteiger partial charge in [0.15, 0.2) is 0 Å². The van der Waals surface area contributed by atoms with Crippen LogP contribution in [-0.2, 0) is 6.42 Å². The first kappa shape index (κ1) is 12.6. The average molecular weight is 232 g/mol. The van der Waals surface area contributed by atoms with Gasteiger partial charge < -0.3 is 0 Å². The second-order valence-corrected chi connectivity index (χ2v) is 5.37. The third-order valence-corrected chi connectivity index (χ3v) is 4.25. The Hall–Kier alpha value is -0.860. The van der Waals surface area contributed by atoms with Gasteiger partial charge in [-0.2, -0.15) is 0 Å². The zero-order chi connectivity index (χ0) is 12.1. The Kier molecular flexibility index (Phi) is 4.57. The molecular weight excluding hydrogens is 208 g/mol. The van der Waals surface area contributed by atoms with Gasteiger partial charge in [-0.1, -0.05) is 50.1 Å². The topological polar surface area (TPSA) is 38.0 Å². The summed E-state index contributed by atoms with van der Waals surface area (Å²) in [6, 6.07) is 11.2. The first-order chi connectivity index (χ1) is 8.31. The van der Waals surface area contributed by atoms with Crippen LogP contribution in [0.15, 0.2) is 30.3 Å². The van der Waals surface area contributed by atoms with Crippen molar-refractivity contribution in [2.45, 2.75) is 45.1 Å². The number of hydrogen-bond donors (Lipinski definition) is 2. The Bertz CT molecular complexity index is 323. The fourth-order valence-electron chi connectivity index (χ4n) is 3.16. The molecule has 94 valence electrons. The van der Waals surface area contributed by atoms with E-state index in [1.54, 1.807) is 0 Å². The minimum atomic E-state index is 0.479. The van der Waals surface area contributed by atoms with Gasteiger partial charge in [0.05, 0.1) is 0 Å². The van der Waals surface area contributed by atoms with Gasteiger partial charge in [0.25, 0.3) is 0 Å². The fraction of sp³-hybridized carbons (Fsp3) is 0.600. The Morgan fingerprint density at radius 2 is 2.06 bits per heavy atom.